The number of fused-ring (bicyclic) bond motifs is 4. The van der Waals surface area contributed by atoms with Crippen LogP contribution in [-0.4, -0.2) is 221 Å². The molecule has 0 fully saturated rings. The van der Waals surface area contributed by atoms with E-state index in [1.165, 1.54) is 71.3 Å². The van der Waals surface area contributed by atoms with E-state index in [0.29, 0.717) is 68.5 Å². The highest BCUT2D eigenvalue weighted by molar-refractivity contribution is 7.99. The van der Waals surface area contributed by atoms with Gasteiger partial charge in [0.15, 0.2) is 61.8 Å². The topological polar surface area (TPSA) is 417 Å². The molecule has 0 radical (unpaired) electrons. The number of benzene rings is 8. The smallest absolute Gasteiger partial charge is 0.339 e. The van der Waals surface area contributed by atoms with E-state index in [0.717, 1.165) is 127 Å². The fraction of sp³-hybridized carbons (Fsp3) is 0.480. The molecule has 0 saturated heterocycles. The van der Waals surface area contributed by atoms with Crippen LogP contribution in [0.4, 0.5) is 45.5 Å². The minimum absolute atomic E-state index is 0.00122. The number of anilines is 8. The van der Waals surface area contributed by atoms with Gasteiger partial charge in [-0.3, -0.25) is 0 Å². The van der Waals surface area contributed by atoms with Gasteiger partial charge in [-0.2, -0.15) is 0 Å². The van der Waals surface area contributed by atoms with Gasteiger partial charge >= 0.3 is 23.9 Å². The molecule has 744 valence electrons. The number of hydrogen-bond acceptors (Lipinski definition) is 28. The SMILES string of the molecule is CCCC[C@@]1(C)CN(c2ccccc2)c2cc(SC)c(OC[C@@](C)(O)C(=O)O)cc2S(=O)(=O)C1.CCCC[C@@]1(C)CN(c2ccccc2)c2cc(SC)c(OC[C@](C)(O)C(=O)O)cc2S(=O)(=O)C1.CCCC[C@]1(C)CN(c2ccccc2)c2cc(SC)c(OC[C@@](C)(O)C(=O)O)cc2S(=O)(=O)C1.CCCC[C@]1(C)CN(c2ccccc2)c2cc(SC)c(OC[C@](C)(O)C(=O)O)cc2S(=O)(=O)C1. The van der Waals surface area contributed by atoms with E-state index >= 15 is 0 Å². The van der Waals surface area contributed by atoms with Crippen LogP contribution in [-0.2, 0) is 58.5 Å². The molecule has 4 heterocycles. The number of aliphatic carboxylic acids is 4. The number of hydrogen-bond donors (Lipinski definition) is 8. The second kappa shape index (κ2) is 46.0. The molecule has 8 aromatic rings. The summed E-state index contributed by atoms with van der Waals surface area (Å²) >= 11 is 5.48. The third kappa shape index (κ3) is 27.8. The molecule has 0 saturated carbocycles. The minimum atomic E-state index is -3.68. The van der Waals surface area contributed by atoms with Gasteiger partial charge < -0.3 is 79.4 Å². The zero-order valence-electron chi connectivity index (χ0n) is 80.3. The molecule has 12 rings (SSSR count). The van der Waals surface area contributed by atoms with Crippen molar-refractivity contribution in [3.63, 3.8) is 0 Å². The number of unbranched alkanes of at least 4 members (excludes halogenated alkanes) is 4. The number of nitrogens with zero attached hydrogens (tertiary/aromatic N) is 4. The van der Waals surface area contributed by atoms with Crippen LogP contribution in [0.2, 0.25) is 0 Å². The van der Waals surface area contributed by atoms with Crippen molar-refractivity contribution >= 4 is 156 Å². The first kappa shape index (κ1) is 111. The van der Waals surface area contributed by atoms with Crippen LogP contribution in [0.25, 0.3) is 0 Å². The zero-order valence-corrected chi connectivity index (χ0v) is 86.8. The first-order valence-corrected chi connectivity index (χ1v) is 56.6. The van der Waals surface area contributed by atoms with E-state index in [2.05, 4.69) is 47.3 Å². The monoisotopic (exact) mass is 2030 g/mol. The number of carboxylic acids is 4. The van der Waals surface area contributed by atoms with Gasteiger partial charge in [0.25, 0.3) is 0 Å². The molecule has 36 heteroatoms. The van der Waals surface area contributed by atoms with Crippen molar-refractivity contribution in [2.24, 2.45) is 21.7 Å². The van der Waals surface area contributed by atoms with Gasteiger partial charge in [-0.05, 0) is 173 Å². The molecule has 4 aliphatic rings. The quantitative estimate of drug-likeness (QED) is 0.0169. The molecule has 8 aromatic carbocycles. The standard InChI is InChI=1S/4C25H33NO6S2/c4*1-5-6-12-24(2)15-26(18-10-8-7-9-11-18)19-13-21(33-4)20(14-22(19)34(30,31)17-24)32-16-25(3,29)23(27)28/h4*7-11,13-14,29H,5-6,12,15-17H2,1-4H3,(H,27,28)/t2*24-,25+;2*24-,25-/m1010/s1. The summed E-state index contributed by atoms with van der Waals surface area (Å²) in [6.07, 6.45) is 18.1. The Balaban J connectivity index is 0.000000203. The highest BCUT2D eigenvalue weighted by Crippen LogP contribution is 2.53. The Morgan fingerprint density at radius 3 is 0.632 bits per heavy atom. The van der Waals surface area contributed by atoms with Crippen molar-refractivity contribution < 1.29 is 113 Å². The fourth-order valence-corrected chi connectivity index (χ4v) is 27.3. The lowest BCUT2D eigenvalue weighted by molar-refractivity contribution is -0.160. The summed E-state index contributed by atoms with van der Waals surface area (Å²) in [6, 6.07) is 52.0. The molecule has 0 amide bonds. The first-order chi connectivity index (χ1) is 63.7. The summed E-state index contributed by atoms with van der Waals surface area (Å²) in [5, 5.41) is 77.2. The van der Waals surface area contributed by atoms with Crippen molar-refractivity contribution in [1.29, 1.82) is 0 Å². The largest absolute Gasteiger partial charge is 0.489 e. The minimum Gasteiger partial charge on any atom is -0.489 e. The van der Waals surface area contributed by atoms with Crippen LogP contribution in [0.3, 0.4) is 0 Å². The molecule has 136 heavy (non-hydrogen) atoms. The summed E-state index contributed by atoms with van der Waals surface area (Å²) in [6.45, 7) is 21.2. The predicted molar refractivity (Wildman–Crippen MR) is 540 cm³/mol. The number of rotatable bonds is 36. The molecule has 0 unspecified atom stereocenters. The van der Waals surface area contributed by atoms with Gasteiger partial charge in [0, 0.05) is 73.2 Å². The number of sulfone groups is 4. The van der Waals surface area contributed by atoms with Crippen LogP contribution < -0.4 is 38.5 Å². The average Bonchev–Trinajstić information content (AvgIpc) is 1.63. The van der Waals surface area contributed by atoms with Crippen LogP contribution in [0.5, 0.6) is 23.0 Å². The van der Waals surface area contributed by atoms with E-state index in [1.807, 2.05) is 174 Å². The van der Waals surface area contributed by atoms with E-state index in [-0.39, 0.29) is 65.6 Å². The Morgan fingerprint density at radius 2 is 0.485 bits per heavy atom. The number of para-hydroxylation sites is 4. The molecular formula is C100H132N4O24S8. The Labute approximate surface area is 818 Å². The average molecular weight is 2030 g/mol. The summed E-state index contributed by atoms with van der Waals surface area (Å²) in [4.78, 5) is 56.7. The zero-order chi connectivity index (χ0) is 101. The van der Waals surface area contributed by atoms with Gasteiger partial charge in [-0.15, -0.1) is 47.0 Å². The highest BCUT2D eigenvalue weighted by Gasteiger charge is 2.47. The highest BCUT2D eigenvalue weighted by atomic mass is 32.2. The van der Waals surface area contributed by atoms with E-state index in [1.54, 1.807) is 24.3 Å². The molecule has 0 bridgehead atoms. The van der Waals surface area contributed by atoms with Crippen molar-refractivity contribution in [2.45, 2.75) is 222 Å². The number of ether oxygens (including phenoxy) is 4. The predicted octanol–water partition coefficient (Wildman–Crippen LogP) is 19.0. The van der Waals surface area contributed by atoms with Crippen molar-refractivity contribution in [2.75, 3.05) is 120 Å². The second-order valence-corrected chi connectivity index (χ2v) is 49.0. The third-order valence-corrected chi connectivity index (χ3v) is 35.8. The van der Waals surface area contributed by atoms with Crippen molar-refractivity contribution in [1.82, 2.24) is 0 Å². The lowest BCUT2D eigenvalue weighted by Gasteiger charge is -2.34. The molecule has 4 aliphatic heterocycles. The molecule has 0 aromatic heterocycles. The number of carboxylic acid groups (broad SMARTS) is 4. The number of carbonyl (C=O) groups is 4. The number of aliphatic hydroxyl groups is 4. The van der Waals surface area contributed by atoms with Crippen LogP contribution in [0.15, 0.2) is 209 Å². The molecule has 28 nitrogen and oxygen atoms in total. The molecule has 0 spiro atoms. The lowest BCUT2D eigenvalue weighted by Crippen LogP contribution is -2.41. The van der Waals surface area contributed by atoms with Gasteiger partial charge in [0.1, 0.15) is 49.4 Å². The van der Waals surface area contributed by atoms with Gasteiger partial charge in [-0.1, -0.05) is 180 Å². The van der Waals surface area contributed by atoms with Crippen molar-refractivity contribution in [3.05, 3.63) is 170 Å². The maximum atomic E-state index is 13.7. The maximum Gasteiger partial charge on any atom is 0.339 e. The summed E-state index contributed by atoms with van der Waals surface area (Å²) < 4.78 is 132. The molecular weight excluding hydrogens is 1900 g/mol. The Hall–Kier alpha value is -8.92. The van der Waals surface area contributed by atoms with Crippen molar-refractivity contribution in [3.8, 4) is 23.0 Å². The van der Waals surface area contributed by atoms with Gasteiger partial charge in [0.05, 0.1) is 84.9 Å². The van der Waals surface area contributed by atoms with Crippen LogP contribution in [0.1, 0.15) is 160 Å². The second-order valence-electron chi connectivity index (χ2n) is 37.7. The summed E-state index contributed by atoms with van der Waals surface area (Å²) in [5.41, 5.74) is -4.34. The fourth-order valence-electron chi connectivity index (χ4n) is 16.7. The normalized spacial score (nSPS) is 21.3. The Bertz CT molecular complexity index is 5260. The van der Waals surface area contributed by atoms with E-state index < -0.39 is 134 Å². The maximum absolute atomic E-state index is 13.7. The lowest BCUT2D eigenvalue weighted by atomic mass is 9.86. The molecule has 8 N–H and O–H groups in total. The number of thioether (sulfide) groups is 4. The molecule has 8 atom stereocenters. The first-order valence-electron chi connectivity index (χ1n) is 45.1. The van der Waals surface area contributed by atoms with Crippen LogP contribution >= 0.6 is 47.0 Å². The van der Waals surface area contributed by atoms with E-state index in [9.17, 15) is 93.7 Å². The Morgan fingerprint density at radius 1 is 0.316 bits per heavy atom. The van der Waals surface area contributed by atoms with E-state index in [4.69, 9.17) is 18.9 Å². The third-order valence-electron chi connectivity index (χ3n) is 24.5. The van der Waals surface area contributed by atoms with Gasteiger partial charge in [0.2, 0.25) is 0 Å². The molecule has 0 aliphatic carbocycles. The summed E-state index contributed by atoms with van der Waals surface area (Å²) in [7, 11) is -14.7. The Kier molecular flexibility index (Phi) is 37.4. The van der Waals surface area contributed by atoms with Gasteiger partial charge in [-0.25, -0.2) is 52.8 Å². The summed E-state index contributed by atoms with van der Waals surface area (Å²) in [5.74, 6) is -4.70. The van der Waals surface area contributed by atoms with Crippen LogP contribution in [0, 0.1) is 21.7 Å².